The van der Waals surface area contributed by atoms with Gasteiger partial charge in [0.25, 0.3) is 0 Å². The molecule has 1 aliphatic heterocycles. The number of nitrogens with zero attached hydrogens (tertiary/aromatic N) is 3. The Morgan fingerprint density at radius 1 is 1.56 bits per heavy atom. The van der Waals surface area contributed by atoms with Gasteiger partial charge < -0.3 is 4.84 Å². The van der Waals surface area contributed by atoms with E-state index in [-0.39, 0.29) is 9.74 Å². The third kappa shape index (κ3) is 2.39. The predicted octanol–water partition coefficient (Wildman–Crippen LogP) is 2.49. The smallest absolute Gasteiger partial charge is 0.126 e. The fraction of sp³-hybridized carbons (Fsp3) is 0.818. The van der Waals surface area contributed by atoms with Crippen molar-refractivity contribution in [1.29, 1.82) is 0 Å². The van der Waals surface area contributed by atoms with Crippen molar-refractivity contribution in [3.63, 3.8) is 0 Å². The number of hydrogen-bond acceptors (Lipinski definition) is 4. The summed E-state index contributed by atoms with van der Waals surface area (Å²) < 4.78 is -0.310. The van der Waals surface area contributed by atoms with Crippen molar-refractivity contribution in [1.82, 2.24) is 5.01 Å². The molecule has 0 spiro atoms. The molecule has 0 saturated carbocycles. The van der Waals surface area contributed by atoms with E-state index in [0.717, 1.165) is 18.0 Å². The Hall–Kier alpha value is -0.580. The van der Waals surface area contributed by atoms with E-state index in [9.17, 15) is 0 Å². The van der Waals surface area contributed by atoms with Gasteiger partial charge in [-0.2, -0.15) is 5.10 Å². The zero-order valence-corrected chi connectivity index (χ0v) is 12.4. The van der Waals surface area contributed by atoms with Crippen molar-refractivity contribution in [3.8, 4) is 0 Å². The summed E-state index contributed by atoms with van der Waals surface area (Å²) in [6, 6.07) is 0. The molecule has 0 fully saturated rings. The molecule has 0 amide bonds. The van der Waals surface area contributed by atoms with E-state index in [1.165, 1.54) is 0 Å². The van der Waals surface area contributed by atoms with E-state index >= 15 is 0 Å². The van der Waals surface area contributed by atoms with Crippen molar-refractivity contribution < 1.29 is 4.84 Å². The molecule has 0 aliphatic carbocycles. The highest BCUT2D eigenvalue weighted by Gasteiger charge is 2.47. The van der Waals surface area contributed by atoms with Gasteiger partial charge in [-0.1, -0.05) is 41.9 Å². The molecule has 0 radical (unpaired) electrons. The van der Waals surface area contributed by atoms with Gasteiger partial charge >= 0.3 is 0 Å². The molecule has 4 nitrogen and oxygen atoms in total. The normalized spacial score (nSPS) is 27.1. The summed E-state index contributed by atoms with van der Waals surface area (Å²) in [7, 11) is 3.53. The summed E-state index contributed by atoms with van der Waals surface area (Å²) in [6.45, 7) is 9.19. The van der Waals surface area contributed by atoms with Crippen molar-refractivity contribution in [2.75, 3.05) is 20.7 Å². The molecule has 1 atom stereocenters. The Morgan fingerprint density at radius 2 is 2.12 bits per heavy atom. The maximum Gasteiger partial charge on any atom is 0.126 e. The van der Waals surface area contributed by atoms with Crippen molar-refractivity contribution in [2.24, 2.45) is 15.7 Å². The molecule has 92 valence electrons. The van der Waals surface area contributed by atoms with Gasteiger partial charge in [0.1, 0.15) is 11.4 Å². The zero-order valence-electron chi connectivity index (χ0n) is 10.8. The quantitative estimate of drug-likeness (QED) is 0.445. The molecule has 0 aromatic rings. The van der Waals surface area contributed by atoms with Crippen LogP contribution >= 0.6 is 15.9 Å². The highest BCUT2D eigenvalue weighted by atomic mass is 79.9. The third-order valence-electron chi connectivity index (χ3n) is 2.60. The van der Waals surface area contributed by atoms with Crippen molar-refractivity contribution in [3.05, 3.63) is 0 Å². The maximum atomic E-state index is 4.86. The monoisotopic (exact) mass is 289 g/mol. The first-order valence-corrected chi connectivity index (χ1v) is 6.09. The summed E-state index contributed by atoms with van der Waals surface area (Å²) in [5.41, 5.74) is 1.98. The number of rotatable bonds is 2. The number of hydrogen-bond donors (Lipinski definition) is 0. The van der Waals surface area contributed by atoms with E-state index < -0.39 is 0 Å². The van der Waals surface area contributed by atoms with Crippen LogP contribution in [0.3, 0.4) is 0 Å². The maximum absolute atomic E-state index is 4.86. The molecular formula is C11H20BrN3O. The van der Waals surface area contributed by atoms with E-state index in [2.05, 4.69) is 47.0 Å². The predicted molar refractivity (Wildman–Crippen MR) is 71.3 cm³/mol. The second kappa shape index (κ2) is 4.35. The number of alkyl halides is 1. The second-order valence-corrected chi connectivity index (χ2v) is 6.53. The second-order valence-electron chi connectivity index (χ2n) is 5.17. The van der Waals surface area contributed by atoms with Crippen LogP contribution in [0.25, 0.3) is 0 Å². The minimum Gasteiger partial charge on any atom is -0.399 e. The Balaban J connectivity index is 3.15. The van der Waals surface area contributed by atoms with Crippen LogP contribution in [-0.4, -0.2) is 41.5 Å². The largest absolute Gasteiger partial charge is 0.399 e. The Morgan fingerprint density at radius 3 is 2.56 bits per heavy atom. The average Bonchev–Trinajstić information content (AvgIpc) is 2.43. The van der Waals surface area contributed by atoms with Gasteiger partial charge in [-0.25, -0.2) is 0 Å². The molecule has 1 heterocycles. The van der Waals surface area contributed by atoms with Crippen LogP contribution in [0.2, 0.25) is 0 Å². The van der Waals surface area contributed by atoms with Gasteiger partial charge in [-0.15, -0.1) is 0 Å². The summed E-state index contributed by atoms with van der Waals surface area (Å²) >= 11 is 3.77. The fourth-order valence-electron chi connectivity index (χ4n) is 1.91. The summed E-state index contributed by atoms with van der Waals surface area (Å²) in [5.74, 6) is 0. The van der Waals surface area contributed by atoms with Crippen molar-refractivity contribution in [2.45, 2.75) is 32.0 Å². The molecule has 0 aromatic heterocycles. The highest BCUT2D eigenvalue weighted by Crippen LogP contribution is 2.37. The van der Waals surface area contributed by atoms with Crippen LogP contribution in [0.15, 0.2) is 10.3 Å². The summed E-state index contributed by atoms with van der Waals surface area (Å²) in [6.07, 6.45) is 0. The fourth-order valence-corrected chi connectivity index (χ4v) is 3.02. The van der Waals surface area contributed by atoms with Crippen molar-refractivity contribution >= 4 is 27.4 Å². The Kier molecular flexibility index (Phi) is 3.67. The first-order valence-electron chi connectivity index (χ1n) is 5.29. The number of halogens is 1. The lowest BCUT2D eigenvalue weighted by Gasteiger charge is -2.30. The minimum absolute atomic E-state index is 0.00121. The van der Waals surface area contributed by atoms with Gasteiger partial charge in [-0.3, -0.25) is 5.01 Å². The number of hydrazone groups is 1. The first kappa shape index (κ1) is 13.5. The zero-order chi connectivity index (χ0) is 12.6. The third-order valence-corrected chi connectivity index (χ3v) is 3.81. The van der Waals surface area contributed by atoms with Crippen LogP contribution in [0, 0.1) is 5.41 Å². The SMILES string of the molecule is CON=C(C)C1(Br)CN(C)N=C1C(C)(C)C. The minimum atomic E-state index is -0.310. The summed E-state index contributed by atoms with van der Waals surface area (Å²) in [5, 5.41) is 10.6. The van der Waals surface area contributed by atoms with Gasteiger partial charge in [0.05, 0.1) is 18.0 Å². The molecule has 5 heteroatoms. The standard InChI is InChI=1S/C11H20BrN3O/c1-8(14-16-6)11(12)7-15(5)13-9(11)10(2,3)4/h7H2,1-6H3. The van der Waals surface area contributed by atoms with E-state index in [1.54, 1.807) is 7.11 Å². The van der Waals surface area contributed by atoms with Gasteiger partial charge in [0.15, 0.2) is 0 Å². The first-order chi connectivity index (χ1) is 7.21. The molecular weight excluding hydrogens is 270 g/mol. The van der Waals surface area contributed by atoms with E-state index in [1.807, 2.05) is 19.0 Å². The van der Waals surface area contributed by atoms with Gasteiger partial charge in [0.2, 0.25) is 0 Å². The molecule has 1 aliphatic rings. The summed E-state index contributed by atoms with van der Waals surface area (Å²) in [4.78, 5) is 4.86. The topological polar surface area (TPSA) is 37.2 Å². The van der Waals surface area contributed by atoms with Crippen LogP contribution < -0.4 is 0 Å². The molecule has 0 saturated heterocycles. The van der Waals surface area contributed by atoms with Crippen LogP contribution in [0.4, 0.5) is 0 Å². The van der Waals surface area contributed by atoms with Crippen LogP contribution in [0.1, 0.15) is 27.7 Å². The molecule has 0 aromatic carbocycles. The van der Waals surface area contributed by atoms with E-state index in [0.29, 0.717) is 0 Å². The molecule has 16 heavy (non-hydrogen) atoms. The molecule has 0 bridgehead atoms. The van der Waals surface area contributed by atoms with Crippen LogP contribution in [-0.2, 0) is 4.84 Å². The van der Waals surface area contributed by atoms with Crippen LogP contribution in [0.5, 0.6) is 0 Å². The Bertz CT molecular complexity index is 333. The molecule has 0 N–H and O–H groups in total. The molecule has 1 rings (SSSR count). The molecule has 1 unspecified atom stereocenters. The van der Waals surface area contributed by atoms with Gasteiger partial charge in [-0.05, 0) is 6.92 Å². The number of oxime groups is 1. The lowest BCUT2D eigenvalue weighted by atomic mass is 9.81. The lowest BCUT2D eigenvalue weighted by molar-refractivity contribution is 0.211. The Labute approximate surface area is 106 Å². The lowest BCUT2D eigenvalue weighted by Crippen LogP contribution is -2.46. The van der Waals surface area contributed by atoms with E-state index in [4.69, 9.17) is 4.84 Å². The van der Waals surface area contributed by atoms with Gasteiger partial charge in [0, 0.05) is 12.5 Å². The highest BCUT2D eigenvalue weighted by molar-refractivity contribution is 9.10. The average molecular weight is 290 g/mol.